The maximum Gasteiger partial charge on any atom is 0.647 e. The topological polar surface area (TPSA) is 44.8 Å². The lowest BCUT2D eigenvalue weighted by atomic mass is 9.90. The smallest absolute Gasteiger partial charge is 0.386 e. The van der Waals surface area contributed by atoms with Gasteiger partial charge in [-0.1, -0.05) is 54.4 Å². The lowest BCUT2D eigenvalue weighted by Gasteiger charge is -2.28. The summed E-state index contributed by atoms with van der Waals surface area (Å²) in [4.78, 5) is 0. The van der Waals surface area contributed by atoms with Crippen LogP contribution >= 0.6 is 7.82 Å². The van der Waals surface area contributed by atoms with E-state index in [1.54, 1.807) is 12.1 Å². The van der Waals surface area contributed by atoms with E-state index < -0.39 is 7.82 Å². The number of aryl methyl sites for hydroxylation is 3. The van der Waals surface area contributed by atoms with Crippen LogP contribution in [0.4, 0.5) is 0 Å². The summed E-state index contributed by atoms with van der Waals surface area (Å²) >= 11 is 0. The van der Waals surface area contributed by atoms with Crippen molar-refractivity contribution in [3.05, 3.63) is 88.5 Å². The number of phosphoric acid groups is 1. The van der Waals surface area contributed by atoms with Crippen LogP contribution < -0.4 is 13.6 Å². The fourth-order valence-electron chi connectivity index (χ4n) is 3.44. The zero-order chi connectivity index (χ0) is 19.9. The molecule has 0 atom stereocenters. The van der Waals surface area contributed by atoms with E-state index in [0.29, 0.717) is 17.2 Å². The quantitative estimate of drug-likeness (QED) is 0.453. The van der Waals surface area contributed by atoms with E-state index in [4.69, 9.17) is 13.6 Å². The van der Waals surface area contributed by atoms with Crippen LogP contribution in [0.2, 0.25) is 0 Å². The van der Waals surface area contributed by atoms with Crippen molar-refractivity contribution in [2.75, 3.05) is 0 Å². The van der Waals surface area contributed by atoms with Crippen LogP contribution in [0, 0.1) is 20.8 Å². The SMILES string of the molecule is Cc1cccc(OP2(=O)Oc3ccc(C)cc3C(C)c3cc(C)ccc3O2)c1. The minimum Gasteiger partial charge on any atom is -0.386 e. The molecular formula is C23H23O4P. The third kappa shape index (κ3) is 3.65. The molecule has 144 valence electrons. The van der Waals surface area contributed by atoms with Crippen molar-refractivity contribution in [2.24, 2.45) is 0 Å². The average molecular weight is 394 g/mol. The summed E-state index contributed by atoms with van der Waals surface area (Å²) in [6.07, 6.45) is 0. The van der Waals surface area contributed by atoms with Crippen molar-refractivity contribution < 1.29 is 18.1 Å². The highest BCUT2D eigenvalue weighted by atomic mass is 31.2. The van der Waals surface area contributed by atoms with Gasteiger partial charge in [0, 0.05) is 17.0 Å². The van der Waals surface area contributed by atoms with E-state index in [-0.39, 0.29) is 5.92 Å². The van der Waals surface area contributed by atoms with E-state index in [9.17, 15) is 4.57 Å². The number of hydrogen-bond acceptors (Lipinski definition) is 4. The molecule has 5 heteroatoms. The second-order valence-corrected chi connectivity index (χ2v) is 8.78. The van der Waals surface area contributed by atoms with Crippen molar-refractivity contribution >= 4 is 7.82 Å². The highest BCUT2D eigenvalue weighted by Crippen LogP contribution is 2.55. The third-order valence-corrected chi connectivity index (χ3v) is 6.17. The Bertz CT molecular complexity index is 1030. The first-order valence-corrected chi connectivity index (χ1v) is 10.8. The lowest BCUT2D eigenvalue weighted by molar-refractivity contribution is 0.293. The van der Waals surface area contributed by atoms with Gasteiger partial charge >= 0.3 is 7.82 Å². The molecule has 0 unspecified atom stereocenters. The van der Waals surface area contributed by atoms with E-state index >= 15 is 0 Å². The van der Waals surface area contributed by atoms with Crippen molar-refractivity contribution in [1.82, 2.24) is 0 Å². The Morgan fingerprint density at radius 1 is 0.786 bits per heavy atom. The molecule has 0 radical (unpaired) electrons. The highest BCUT2D eigenvalue weighted by molar-refractivity contribution is 7.49. The van der Waals surface area contributed by atoms with Gasteiger partial charge in [-0.25, -0.2) is 0 Å². The van der Waals surface area contributed by atoms with Gasteiger partial charge in [0.05, 0.1) is 0 Å². The number of fused-ring (bicyclic) bond motifs is 2. The van der Waals surface area contributed by atoms with Gasteiger partial charge < -0.3 is 13.6 Å². The molecule has 0 aliphatic carbocycles. The Hall–Kier alpha value is -2.71. The number of rotatable bonds is 2. The summed E-state index contributed by atoms with van der Waals surface area (Å²) < 4.78 is 31.2. The minimum atomic E-state index is -3.95. The monoisotopic (exact) mass is 394 g/mol. The van der Waals surface area contributed by atoms with Gasteiger partial charge in [-0.2, -0.15) is 4.57 Å². The normalized spacial score (nSPS) is 20.6. The summed E-state index contributed by atoms with van der Waals surface area (Å²) in [6.45, 7) is 8.10. The van der Waals surface area contributed by atoms with E-state index in [2.05, 4.69) is 19.1 Å². The molecule has 4 rings (SSSR count). The molecule has 28 heavy (non-hydrogen) atoms. The van der Waals surface area contributed by atoms with E-state index in [0.717, 1.165) is 27.8 Å². The second kappa shape index (κ2) is 7.03. The van der Waals surface area contributed by atoms with Crippen LogP contribution in [-0.2, 0) is 4.57 Å². The van der Waals surface area contributed by atoms with Crippen LogP contribution in [0.15, 0.2) is 60.7 Å². The Morgan fingerprint density at radius 3 is 1.86 bits per heavy atom. The predicted octanol–water partition coefficient (Wildman–Crippen LogP) is 6.72. The Morgan fingerprint density at radius 2 is 1.32 bits per heavy atom. The molecule has 0 saturated heterocycles. The fraction of sp³-hybridized carbons (Fsp3) is 0.217. The molecule has 0 amide bonds. The first-order valence-electron chi connectivity index (χ1n) is 9.29. The first-order chi connectivity index (χ1) is 13.3. The van der Waals surface area contributed by atoms with Gasteiger partial charge in [0.2, 0.25) is 0 Å². The van der Waals surface area contributed by atoms with E-state index in [1.165, 1.54) is 0 Å². The molecule has 1 heterocycles. The van der Waals surface area contributed by atoms with Crippen molar-refractivity contribution in [1.29, 1.82) is 0 Å². The maximum absolute atomic E-state index is 13.6. The molecule has 0 spiro atoms. The molecule has 4 nitrogen and oxygen atoms in total. The molecule has 0 N–H and O–H groups in total. The zero-order valence-corrected chi connectivity index (χ0v) is 17.3. The summed E-state index contributed by atoms with van der Waals surface area (Å²) in [5.41, 5.74) is 5.14. The van der Waals surface area contributed by atoms with Crippen LogP contribution in [0.3, 0.4) is 0 Å². The van der Waals surface area contributed by atoms with Gasteiger partial charge in [-0.15, -0.1) is 0 Å². The number of phosphoric ester groups is 1. The molecule has 0 bridgehead atoms. The van der Waals surface area contributed by atoms with Crippen LogP contribution in [0.5, 0.6) is 17.2 Å². The van der Waals surface area contributed by atoms with Crippen LogP contribution in [0.25, 0.3) is 0 Å². The lowest BCUT2D eigenvalue weighted by Crippen LogP contribution is -2.14. The Labute approximate surface area is 165 Å². The number of benzene rings is 3. The summed E-state index contributed by atoms with van der Waals surface area (Å²) in [6, 6.07) is 19.0. The number of hydrogen-bond donors (Lipinski definition) is 0. The van der Waals surface area contributed by atoms with Crippen molar-refractivity contribution in [3.8, 4) is 17.2 Å². The van der Waals surface area contributed by atoms with Gasteiger partial charge in [-0.05, 0) is 50.6 Å². The highest BCUT2D eigenvalue weighted by Gasteiger charge is 2.38. The summed E-state index contributed by atoms with van der Waals surface area (Å²) in [5, 5.41) is 0. The Kier molecular flexibility index (Phi) is 4.68. The third-order valence-electron chi connectivity index (χ3n) is 4.89. The Balaban J connectivity index is 1.85. The van der Waals surface area contributed by atoms with Gasteiger partial charge in [0.15, 0.2) is 0 Å². The molecule has 1 aliphatic heterocycles. The second-order valence-electron chi connectivity index (χ2n) is 7.34. The van der Waals surface area contributed by atoms with Gasteiger partial charge in [-0.3, -0.25) is 0 Å². The average Bonchev–Trinajstić information content (AvgIpc) is 2.63. The van der Waals surface area contributed by atoms with Crippen molar-refractivity contribution in [2.45, 2.75) is 33.6 Å². The standard InChI is InChI=1S/C23H23O4P/c1-15-6-5-7-19(12-15)25-28(24)26-22-10-8-16(2)13-20(22)18(4)21-14-17(3)9-11-23(21)27-28/h5-14,18H,1-4H3. The summed E-state index contributed by atoms with van der Waals surface area (Å²) in [5.74, 6) is 1.50. The molecule has 3 aromatic rings. The van der Waals surface area contributed by atoms with Crippen molar-refractivity contribution in [3.63, 3.8) is 0 Å². The minimum absolute atomic E-state index is 0.0255. The molecule has 1 aliphatic rings. The molecule has 0 aromatic heterocycles. The maximum atomic E-state index is 13.6. The van der Waals surface area contributed by atoms with Gasteiger partial charge in [0.25, 0.3) is 0 Å². The predicted molar refractivity (Wildman–Crippen MR) is 111 cm³/mol. The molecule has 0 fully saturated rings. The van der Waals surface area contributed by atoms with Gasteiger partial charge in [0.1, 0.15) is 17.2 Å². The molecule has 0 saturated carbocycles. The zero-order valence-electron chi connectivity index (χ0n) is 16.4. The summed E-state index contributed by atoms with van der Waals surface area (Å²) in [7, 11) is -3.95. The molecule has 3 aromatic carbocycles. The first kappa shape index (κ1) is 18.6. The largest absolute Gasteiger partial charge is 0.647 e. The fourth-order valence-corrected chi connectivity index (χ4v) is 4.74. The molecular weight excluding hydrogens is 371 g/mol. The van der Waals surface area contributed by atoms with Crippen LogP contribution in [0.1, 0.15) is 40.7 Å². The van der Waals surface area contributed by atoms with Crippen LogP contribution in [-0.4, -0.2) is 0 Å². The van der Waals surface area contributed by atoms with E-state index in [1.807, 2.05) is 57.2 Å².